The number of anilines is 5. The molecule has 1 aliphatic rings. The third-order valence-corrected chi connectivity index (χ3v) is 7.46. The molecule has 0 spiro atoms. The second-order valence-electron chi connectivity index (χ2n) is 10.4. The fourth-order valence-electron chi connectivity index (χ4n) is 5.53. The highest BCUT2D eigenvalue weighted by molar-refractivity contribution is 5.79. The number of aryl methyl sites for hydroxylation is 1. The Bertz CT molecular complexity index is 1620. The Morgan fingerprint density at radius 1 is 0.525 bits per heavy atom. The summed E-state index contributed by atoms with van der Waals surface area (Å²) in [5.74, 6) is 0. The normalized spacial score (nSPS) is 14.4. The number of benzene rings is 5. The Kier molecular flexibility index (Phi) is 7.32. The van der Waals surface area contributed by atoms with Crippen molar-refractivity contribution in [3.63, 3.8) is 0 Å². The molecule has 5 aromatic rings. The zero-order valence-electron chi connectivity index (χ0n) is 23.1. The molecule has 0 bridgehead atoms. The second kappa shape index (κ2) is 11.5. The second-order valence-corrected chi connectivity index (χ2v) is 10.4. The van der Waals surface area contributed by atoms with Gasteiger partial charge in [-0.05, 0) is 97.6 Å². The zero-order chi connectivity index (χ0) is 27.3. The van der Waals surface area contributed by atoms with Gasteiger partial charge in [-0.15, -0.1) is 0 Å². The summed E-state index contributed by atoms with van der Waals surface area (Å²) in [6.45, 7) is 4.32. The van der Waals surface area contributed by atoms with Crippen LogP contribution in [0.25, 0.3) is 11.1 Å². The van der Waals surface area contributed by atoms with Crippen LogP contribution in [0.2, 0.25) is 0 Å². The fraction of sp³-hybridized carbons (Fsp3) is 0.105. The van der Waals surface area contributed by atoms with Crippen molar-refractivity contribution in [2.45, 2.75) is 26.3 Å². The Hall–Kier alpha value is -4.82. The van der Waals surface area contributed by atoms with Crippen LogP contribution in [0.5, 0.6) is 0 Å². The summed E-state index contributed by atoms with van der Waals surface area (Å²) in [7, 11) is 0. The molecule has 40 heavy (non-hydrogen) atoms. The van der Waals surface area contributed by atoms with Crippen molar-refractivity contribution in [2.75, 3.05) is 9.80 Å². The zero-order valence-corrected chi connectivity index (χ0v) is 23.1. The molecule has 0 heterocycles. The molecule has 0 saturated heterocycles. The summed E-state index contributed by atoms with van der Waals surface area (Å²) in [6.07, 6.45) is 7.85. The summed E-state index contributed by atoms with van der Waals surface area (Å²) in [6, 6.07) is 48.1. The SMILES string of the molecule is CC1=C[C@H](N(c2ccccc2)c2ccc(-c3ccc(N(c4ccccc4)c4cccc(C)c4)cc3)cc2)CC=C1. The van der Waals surface area contributed by atoms with Crippen LogP contribution in [0.15, 0.2) is 157 Å². The molecule has 2 nitrogen and oxygen atoms in total. The average molecular weight is 519 g/mol. The van der Waals surface area contributed by atoms with Gasteiger partial charge < -0.3 is 9.80 Å². The highest BCUT2D eigenvalue weighted by Gasteiger charge is 2.20. The standard InChI is InChI=1S/C38H34N2/c1-29-11-9-17-37(27-29)39(33-13-5-3-6-14-33)35-23-19-31(20-24-35)32-21-25-36(26-22-32)40(34-15-7-4-8-16-34)38-18-10-12-30(2)28-38/h3-17,19-28,38H,18H2,1-2H3/t38-/m1/s1. The van der Waals surface area contributed by atoms with Gasteiger partial charge >= 0.3 is 0 Å². The average Bonchev–Trinajstić information content (AvgIpc) is 3.00. The largest absolute Gasteiger partial charge is 0.334 e. The highest BCUT2D eigenvalue weighted by Crippen LogP contribution is 2.37. The van der Waals surface area contributed by atoms with E-state index in [-0.39, 0.29) is 0 Å². The molecule has 0 unspecified atom stereocenters. The fourth-order valence-corrected chi connectivity index (χ4v) is 5.53. The van der Waals surface area contributed by atoms with E-state index in [0.717, 1.165) is 23.5 Å². The minimum Gasteiger partial charge on any atom is -0.334 e. The van der Waals surface area contributed by atoms with Crippen molar-refractivity contribution in [1.82, 2.24) is 0 Å². The van der Waals surface area contributed by atoms with Crippen LogP contribution in [-0.4, -0.2) is 6.04 Å². The number of hydrogen-bond acceptors (Lipinski definition) is 2. The molecule has 5 aromatic carbocycles. The molecule has 0 amide bonds. The lowest BCUT2D eigenvalue weighted by molar-refractivity contribution is 0.778. The summed E-state index contributed by atoms with van der Waals surface area (Å²) in [4.78, 5) is 4.76. The predicted octanol–water partition coefficient (Wildman–Crippen LogP) is 10.5. The van der Waals surface area contributed by atoms with Gasteiger partial charge in [0.15, 0.2) is 0 Å². The summed E-state index contributed by atoms with van der Waals surface area (Å²) >= 11 is 0. The minimum absolute atomic E-state index is 0.295. The van der Waals surface area contributed by atoms with Gasteiger partial charge in [0.05, 0.1) is 6.04 Å². The minimum atomic E-state index is 0.295. The van der Waals surface area contributed by atoms with Gasteiger partial charge in [-0.1, -0.05) is 96.6 Å². The Morgan fingerprint density at radius 3 is 1.65 bits per heavy atom. The van der Waals surface area contributed by atoms with Gasteiger partial charge in [0.25, 0.3) is 0 Å². The number of hydrogen-bond donors (Lipinski definition) is 0. The van der Waals surface area contributed by atoms with Crippen molar-refractivity contribution in [3.05, 3.63) is 163 Å². The summed E-state index contributed by atoms with van der Waals surface area (Å²) in [5.41, 5.74) is 10.8. The predicted molar refractivity (Wildman–Crippen MR) is 171 cm³/mol. The molecule has 0 aromatic heterocycles. The number of para-hydroxylation sites is 2. The smallest absolute Gasteiger partial charge is 0.0562 e. The topological polar surface area (TPSA) is 6.48 Å². The van der Waals surface area contributed by atoms with Crippen LogP contribution in [-0.2, 0) is 0 Å². The van der Waals surface area contributed by atoms with E-state index in [9.17, 15) is 0 Å². The molecule has 196 valence electrons. The summed E-state index contributed by atoms with van der Waals surface area (Å²) in [5, 5.41) is 0. The van der Waals surface area contributed by atoms with Gasteiger partial charge in [0.2, 0.25) is 0 Å². The first kappa shape index (κ1) is 25.5. The van der Waals surface area contributed by atoms with Crippen LogP contribution in [0.4, 0.5) is 28.4 Å². The van der Waals surface area contributed by atoms with Gasteiger partial charge in [-0.2, -0.15) is 0 Å². The first-order valence-corrected chi connectivity index (χ1v) is 14.0. The quantitative estimate of drug-likeness (QED) is 0.211. The van der Waals surface area contributed by atoms with Crippen molar-refractivity contribution in [3.8, 4) is 11.1 Å². The van der Waals surface area contributed by atoms with Crippen molar-refractivity contribution in [1.29, 1.82) is 0 Å². The third-order valence-electron chi connectivity index (χ3n) is 7.46. The van der Waals surface area contributed by atoms with Crippen molar-refractivity contribution < 1.29 is 0 Å². The molecule has 0 aliphatic heterocycles. The highest BCUT2D eigenvalue weighted by atomic mass is 15.2. The van der Waals surface area contributed by atoms with E-state index in [4.69, 9.17) is 0 Å². The van der Waals surface area contributed by atoms with Crippen LogP contribution in [0, 0.1) is 6.92 Å². The Morgan fingerprint density at radius 2 is 1.05 bits per heavy atom. The van der Waals surface area contributed by atoms with Gasteiger partial charge in [0, 0.05) is 28.4 Å². The van der Waals surface area contributed by atoms with Gasteiger partial charge in [-0.25, -0.2) is 0 Å². The molecule has 2 heteroatoms. The molecule has 6 rings (SSSR count). The lowest BCUT2D eigenvalue weighted by atomic mass is 9.99. The van der Waals surface area contributed by atoms with E-state index in [1.807, 2.05) is 0 Å². The maximum atomic E-state index is 2.44. The first-order chi connectivity index (χ1) is 19.7. The Labute approximate surface area is 238 Å². The van der Waals surface area contributed by atoms with E-state index in [1.165, 1.54) is 33.6 Å². The van der Waals surface area contributed by atoms with E-state index < -0.39 is 0 Å². The number of allylic oxidation sites excluding steroid dienone is 2. The van der Waals surface area contributed by atoms with E-state index >= 15 is 0 Å². The molecular weight excluding hydrogens is 484 g/mol. The third kappa shape index (κ3) is 5.48. The summed E-state index contributed by atoms with van der Waals surface area (Å²) < 4.78 is 0. The maximum absolute atomic E-state index is 2.44. The monoisotopic (exact) mass is 518 g/mol. The molecule has 0 radical (unpaired) electrons. The molecular formula is C38H34N2. The lowest BCUT2D eigenvalue weighted by Crippen LogP contribution is -2.30. The number of rotatable bonds is 7. The molecule has 1 atom stereocenters. The molecule has 1 aliphatic carbocycles. The first-order valence-electron chi connectivity index (χ1n) is 14.0. The Balaban J connectivity index is 1.30. The maximum Gasteiger partial charge on any atom is 0.0562 e. The molecule has 0 N–H and O–H groups in total. The number of nitrogens with zero attached hydrogens (tertiary/aromatic N) is 2. The molecule has 0 saturated carbocycles. The van der Waals surface area contributed by atoms with Gasteiger partial charge in [-0.3, -0.25) is 0 Å². The lowest BCUT2D eigenvalue weighted by Gasteiger charge is -2.33. The van der Waals surface area contributed by atoms with Crippen molar-refractivity contribution in [2.24, 2.45) is 0 Å². The van der Waals surface area contributed by atoms with Crippen LogP contribution >= 0.6 is 0 Å². The van der Waals surface area contributed by atoms with Crippen molar-refractivity contribution >= 4 is 28.4 Å². The van der Waals surface area contributed by atoms with Crippen LogP contribution < -0.4 is 9.80 Å². The molecule has 0 fully saturated rings. The van der Waals surface area contributed by atoms with Gasteiger partial charge in [0.1, 0.15) is 0 Å². The van der Waals surface area contributed by atoms with E-state index in [0.29, 0.717) is 6.04 Å². The van der Waals surface area contributed by atoms with E-state index in [2.05, 4.69) is 175 Å². The van der Waals surface area contributed by atoms with Crippen LogP contribution in [0.1, 0.15) is 18.9 Å². The van der Waals surface area contributed by atoms with E-state index in [1.54, 1.807) is 0 Å². The van der Waals surface area contributed by atoms with Crippen LogP contribution in [0.3, 0.4) is 0 Å².